The molecule has 0 spiro atoms. The van der Waals surface area contributed by atoms with Gasteiger partial charge in [0.05, 0.1) is 17.5 Å². The first kappa shape index (κ1) is 12.9. The molecule has 88 valence electrons. The summed E-state index contributed by atoms with van der Waals surface area (Å²) in [5.41, 5.74) is 9.94. The van der Waals surface area contributed by atoms with Crippen LogP contribution in [0.2, 0.25) is 0 Å². The number of nitriles is 1. The number of hydrazone groups is 1. The number of anilines is 1. The molecular formula is C11H13N5S. The summed E-state index contributed by atoms with van der Waals surface area (Å²) in [4.78, 5) is 1.88. The van der Waals surface area contributed by atoms with Crippen LogP contribution in [0.15, 0.2) is 23.3 Å². The number of hydrogen-bond donors (Lipinski definition) is 2. The van der Waals surface area contributed by atoms with Crippen molar-refractivity contribution in [2.45, 2.75) is 0 Å². The van der Waals surface area contributed by atoms with Crippen LogP contribution in [0.25, 0.3) is 0 Å². The van der Waals surface area contributed by atoms with Gasteiger partial charge >= 0.3 is 0 Å². The van der Waals surface area contributed by atoms with Crippen molar-refractivity contribution < 1.29 is 0 Å². The van der Waals surface area contributed by atoms with E-state index in [-0.39, 0.29) is 5.11 Å². The van der Waals surface area contributed by atoms with E-state index in [9.17, 15) is 0 Å². The fourth-order valence-electron chi connectivity index (χ4n) is 1.28. The first-order valence-corrected chi connectivity index (χ1v) is 5.25. The van der Waals surface area contributed by atoms with E-state index >= 15 is 0 Å². The molecule has 1 rings (SSSR count). The highest BCUT2D eigenvalue weighted by atomic mass is 32.1. The zero-order valence-corrected chi connectivity index (χ0v) is 10.5. The van der Waals surface area contributed by atoms with Crippen LogP contribution in [0, 0.1) is 11.3 Å². The number of hydrogen-bond acceptors (Lipinski definition) is 4. The molecule has 6 heteroatoms. The lowest BCUT2D eigenvalue weighted by molar-refractivity contribution is 1.04. The average Bonchev–Trinajstić information content (AvgIpc) is 2.28. The van der Waals surface area contributed by atoms with E-state index in [0.29, 0.717) is 5.56 Å². The fraction of sp³-hybridized carbons (Fsp3) is 0.182. The Balaban J connectivity index is 2.95. The number of nitrogens with zero attached hydrogens (tertiary/aromatic N) is 3. The Hall–Kier alpha value is -2.13. The normalized spacial score (nSPS) is 9.94. The second-order valence-corrected chi connectivity index (χ2v) is 3.96. The molecule has 0 aliphatic heterocycles. The van der Waals surface area contributed by atoms with Crippen LogP contribution in [0.1, 0.15) is 11.1 Å². The summed E-state index contributed by atoms with van der Waals surface area (Å²) < 4.78 is 0. The minimum atomic E-state index is 0.103. The maximum absolute atomic E-state index is 9.03. The Morgan fingerprint density at radius 3 is 2.82 bits per heavy atom. The molecule has 1 aromatic rings. The van der Waals surface area contributed by atoms with Crippen LogP contribution in [-0.2, 0) is 0 Å². The quantitative estimate of drug-likeness (QED) is 0.469. The van der Waals surface area contributed by atoms with E-state index < -0.39 is 0 Å². The summed E-state index contributed by atoms with van der Waals surface area (Å²) in [6.07, 6.45) is 1.56. The van der Waals surface area contributed by atoms with Gasteiger partial charge in [0.2, 0.25) is 0 Å². The van der Waals surface area contributed by atoms with Gasteiger partial charge in [0, 0.05) is 14.1 Å². The van der Waals surface area contributed by atoms with E-state index in [1.54, 1.807) is 12.3 Å². The Bertz CT molecular complexity index is 487. The smallest absolute Gasteiger partial charge is 0.184 e. The van der Waals surface area contributed by atoms with Crippen molar-refractivity contribution >= 4 is 29.2 Å². The number of thiocarbonyl (C=S) groups is 1. The summed E-state index contributed by atoms with van der Waals surface area (Å²) in [7, 11) is 3.77. The molecule has 0 saturated carbocycles. The molecule has 0 saturated heterocycles. The molecule has 17 heavy (non-hydrogen) atoms. The number of nitrogens with two attached hydrogens (primary N) is 1. The third-order valence-corrected chi connectivity index (χ3v) is 2.10. The second-order valence-electron chi connectivity index (χ2n) is 3.52. The monoisotopic (exact) mass is 247 g/mol. The molecule has 5 nitrogen and oxygen atoms in total. The lowest BCUT2D eigenvalue weighted by Gasteiger charge is -2.14. The van der Waals surface area contributed by atoms with Crippen molar-refractivity contribution in [2.24, 2.45) is 10.8 Å². The van der Waals surface area contributed by atoms with Crippen molar-refractivity contribution in [1.29, 1.82) is 5.26 Å². The Kier molecular flexibility index (Phi) is 4.43. The highest BCUT2D eigenvalue weighted by Crippen LogP contribution is 2.18. The maximum Gasteiger partial charge on any atom is 0.184 e. The number of benzene rings is 1. The molecule has 0 aromatic heterocycles. The topological polar surface area (TPSA) is 77.4 Å². The number of rotatable bonds is 3. The molecule has 3 N–H and O–H groups in total. The molecule has 0 heterocycles. The zero-order valence-electron chi connectivity index (χ0n) is 9.64. The third kappa shape index (κ3) is 3.74. The number of nitrogens with one attached hydrogen (secondary N) is 1. The van der Waals surface area contributed by atoms with Crippen molar-refractivity contribution in [2.75, 3.05) is 19.0 Å². The van der Waals surface area contributed by atoms with Crippen LogP contribution < -0.4 is 16.1 Å². The van der Waals surface area contributed by atoms with E-state index in [2.05, 4.69) is 28.8 Å². The summed E-state index contributed by atoms with van der Waals surface area (Å²) >= 11 is 4.61. The fourth-order valence-corrected chi connectivity index (χ4v) is 1.34. The highest BCUT2D eigenvalue weighted by Gasteiger charge is 2.04. The van der Waals surface area contributed by atoms with Crippen LogP contribution in [0.3, 0.4) is 0 Å². The molecule has 0 bridgehead atoms. The van der Waals surface area contributed by atoms with Crippen molar-refractivity contribution in [3.8, 4) is 6.07 Å². The minimum Gasteiger partial charge on any atom is -0.377 e. The van der Waals surface area contributed by atoms with Crippen molar-refractivity contribution in [3.63, 3.8) is 0 Å². The second kappa shape index (κ2) is 5.82. The van der Waals surface area contributed by atoms with Crippen LogP contribution >= 0.6 is 12.2 Å². The molecule has 0 aliphatic rings. The third-order valence-electron chi connectivity index (χ3n) is 2.01. The SMILES string of the molecule is CN(C)c1ccc(/C=N/NC(N)=S)cc1C#N. The van der Waals surface area contributed by atoms with E-state index in [0.717, 1.165) is 11.3 Å². The van der Waals surface area contributed by atoms with Crippen molar-refractivity contribution in [1.82, 2.24) is 5.43 Å². The maximum atomic E-state index is 9.03. The molecule has 0 atom stereocenters. The van der Waals surface area contributed by atoms with Gasteiger partial charge in [-0.25, -0.2) is 0 Å². The van der Waals surface area contributed by atoms with Gasteiger partial charge in [-0.3, -0.25) is 5.43 Å². The van der Waals surface area contributed by atoms with Gasteiger partial charge in [-0.05, 0) is 29.9 Å². The largest absolute Gasteiger partial charge is 0.377 e. The van der Waals surface area contributed by atoms with E-state index in [1.807, 2.05) is 31.1 Å². The van der Waals surface area contributed by atoms with Gasteiger partial charge in [-0.2, -0.15) is 10.4 Å². The summed E-state index contributed by atoms with van der Waals surface area (Å²) in [5, 5.41) is 13.0. The van der Waals surface area contributed by atoms with Crippen LogP contribution in [0.5, 0.6) is 0 Å². The van der Waals surface area contributed by atoms with Crippen LogP contribution in [-0.4, -0.2) is 25.4 Å². The molecular weight excluding hydrogens is 234 g/mol. The van der Waals surface area contributed by atoms with Gasteiger partial charge in [0.1, 0.15) is 6.07 Å². The molecule has 0 fully saturated rings. The average molecular weight is 247 g/mol. The Morgan fingerprint density at radius 2 is 2.29 bits per heavy atom. The van der Waals surface area contributed by atoms with Gasteiger partial charge in [-0.1, -0.05) is 6.07 Å². The van der Waals surface area contributed by atoms with Gasteiger partial charge in [-0.15, -0.1) is 0 Å². The predicted octanol–water partition coefficient (Wildman–Crippen LogP) is 0.791. The predicted molar refractivity (Wildman–Crippen MR) is 73.0 cm³/mol. The van der Waals surface area contributed by atoms with E-state index in [1.165, 1.54) is 0 Å². The summed E-state index contributed by atoms with van der Waals surface area (Å²) in [6.45, 7) is 0. The van der Waals surface area contributed by atoms with E-state index in [4.69, 9.17) is 11.0 Å². The van der Waals surface area contributed by atoms with Gasteiger partial charge < -0.3 is 10.6 Å². The standard InChI is InChI=1S/C11H13N5S/c1-16(2)10-4-3-8(5-9(10)6-12)7-14-15-11(13)17/h3-5,7H,1-2H3,(H3,13,15,17)/b14-7+. The Morgan fingerprint density at radius 1 is 1.59 bits per heavy atom. The first-order valence-electron chi connectivity index (χ1n) is 4.84. The van der Waals surface area contributed by atoms with Crippen LogP contribution in [0.4, 0.5) is 5.69 Å². The lowest BCUT2D eigenvalue weighted by Crippen LogP contribution is -2.24. The minimum absolute atomic E-state index is 0.103. The molecule has 1 aromatic carbocycles. The van der Waals surface area contributed by atoms with Crippen molar-refractivity contribution in [3.05, 3.63) is 29.3 Å². The highest BCUT2D eigenvalue weighted by molar-refractivity contribution is 7.80. The molecule has 0 amide bonds. The van der Waals surface area contributed by atoms with Gasteiger partial charge in [0.25, 0.3) is 0 Å². The molecule has 0 aliphatic carbocycles. The lowest BCUT2D eigenvalue weighted by atomic mass is 10.1. The molecule has 0 unspecified atom stereocenters. The zero-order chi connectivity index (χ0) is 12.8. The summed E-state index contributed by atoms with van der Waals surface area (Å²) in [6, 6.07) is 7.62. The molecule has 0 radical (unpaired) electrons. The summed E-state index contributed by atoms with van der Waals surface area (Å²) in [5.74, 6) is 0. The first-order chi connectivity index (χ1) is 8.04. The van der Waals surface area contributed by atoms with Gasteiger partial charge in [0.15, 0.2) is 5.11 Å². The Labute approximate surface area is 106 Å².